The van der Waals surface area contributed by atoms with Crippen molar-refractivity contribution in [2.45, 2.75) is 95.4 Å². The fourth-order valence-corrected chi connectivity index (χ4v) is 7.16. The Labute approximate surface area is 248 Å². The Hall–Kier alpha value is -1.23. The molecule has 1 aromatic carbocycles. The molecule has 2 fully saturated rings. The summed E-state index contributed by atoms with van der Waals surface area (Å²) in [6.07, 6.45) is 8.45. The highest BCUT2D eigenvalue weighted by atomic mass is 35.5. The van der Waals surface area contributed by atoms with Gasteiger partial charge in [-0.25, -0.2) is 4.98 Å². The number of halogens is 2. The molecule has 10 heteroatoms. The molecule has 0 bridgehead atoms. The van der Waals surface area contributed by atoms with E-state index in [9.17, 15) is 0 Å². The molecule has 0 spiro atoms. The predicted molar refractivity (Wildman–Crippen MR) is 154 cm³/mol. The van der Waals surface area contributed by atoms with Gasteiger partial charge in [0.2, 0.25) is 5.79 Å². The Kier molecular flexibility index (Phi) is 11.0. The van der Waals surface area contributed by atoms with Crippen LogP contribution in [0.1, 0.15) is 64.5 Å². The van der Waals surface area contributed by atoms with E-state index in [4.69, 9.17) is 51.6 Å². The van der Waals surface area contributed by atoms with Crippen LogP contribution < -0.4 is 0 Å². The lowest BCUT2D eigenvalue weighted by atomic mass is 9.66. The first kappa shape index (κ1) is 31.7. The van der Waals surface area contributed by atoms with Gasteiger partial charge >= 0.3 is 0 Å². The molecule has 7 atom stereocenters. The van der Waals surface area contributed by atoms with Crippen molar-refractivity contribution in [3.8, 4) is 0 Å². The third-order valence-electron chi connectivity index (χ3n) is 8.49. The van der Waals surface area contributed by atoms with E-state index >= 15 is 0 Å². The van der Waals surface area contributed by atoms with Crippen LogP contribution in [0.25, 0.3) is 0 Å². The van der Waals surface area contributed by atoms with Crippen molar-refractivity contribution < 1.29 is 28.4 Å². The quantitative estimate of drug-likeness (QED) is 0.252. The Bertz CT molecular complexity index is 1070. The average Bonchev–Trinajstić information content (AvgIpc) is 3.44. The number of aromatic nitrogens is 2. The van der Waals surface area contributed by atoms with E-state index in [1.54, 1.807) is 39.9 Å². The number of benzene rings is 1. The molecule has 1 saturated carbocycles. The molecule has 40 heavy (non-hydrogen) atoms. The molecule has 7 unspecified atom stereocenters. The number of ether oxygens (including phenoxy) is 6. The zero-order valence-electron chi connectivity index (χ0n) is 24.5. The van der Waals surface area contributed by atoms with Crippen LogP contribution in [0.4, 0.5) is 0 Å². The summed E-state index contributed by atoms with van der Waals surface area (Å²) in [6.45, 7) is 7.35. The number of hydrogen-bond donors (Lipinski definition) is 0. The zero-order valence-corrected chi connectivity index (χ0v) is 26.0. The van der Waals surface area contributed by atoms with Gasteiger partial charge in [0, 0.05) is 55.8 Å². The monoisotopic (exact) mass is 598 g/mol. The molecular formula is C30H44Cl2N2O6. The van der Waals surface area contributed by atoms with Crippen LogP contribution in [0, 0.1) is 11.8 Å². The van der Waals surface area contributed by atoms with E-state index < -0.39 is 17.7 Å². The third-order valence-corrected chi connectivity index (χ3v) is 9.05. The molecular weight excluding hydrogens is 555 g/mol. The number of rotatable bonds is 12. The van der Waals surface area contributed by atoms with Crippen molar-refractivity contribution in [2.75, 3.05) is 27.9 Å². The fraction of sp³-hybridized carbons (Fsp3) is 0.700. The van der Waals surface area contributed by atoms with Crippen LogP contribution in [0.5, 0.6) is 0 Å². The minimum Gasteiger partial charge on any atom is -0.378 e. The largest absolute Gasteiger partial charge is 0.378 e. The van der Waals surface area contributed by atoms with Crippen LogP contribution in [-0.4, -0.2) is 67.4 Å². The third kappa shape index (κ3) is 6.55. The first-order valence-corrected chi connectivity index (χ1v) is 14.9. The van der Waals surface area contributed by atoms with Gasteiger partial charge < -0.3 is 33.0 Å². The SMILES string of the molecule is COC1CC(C)CC(OC)(OCC2CCCC(OC(Cn3ccnc3)c3ccc(Cl)cc3Cl)O2)C1(OC)C(C)C. The highest BCUT2D eigenvalue weighted by Crippen LogP contribution is 2.50. The first-order chi connectivity index (χ1) is 19.2. The number of imidazole rings is 1. The fourth-order valence-electron chi connectivity index (χ4n) is 6.63. The summed E-state index contributed by atoms with van der Waals surface area (Å²) in [5.41, 5.74) is 0.0816. The summed E-state index contributed by atoms with van der Waals surface area (Å²) in [5.74, 6) is -0.554. The minimum atomic E-state index is -0.980. The van der Waals surface area contributed by atoms with Gasteiger partial charge in [0.25, 0.3) is 0 Å². The van der Waals surface area contributed by atoms with E-state index in [2.05, 4.69) is 25.8 Å². The van der Waals surface area contributed by atoms with Crippen LogP contribution in [0.15, 0.2) is 36.9 Å². The highest BCUT2D eigenvalue weighted by Gasteiger charge is 2.64. The van der Waals surface area contributed by atoms with Crippen LogP contribution in [0.2, 0.25) is 10.0 Å². The van der Waals surface area contributed by atoms with Gasteiger partial charge in [0.05, 0.1) is 31.7 Å². The molecule has 1 aliphatic carbocycles. The molecule has 8 nitrogen and oxygen atoms in total. The van der Waals surface area contributed by atoms with Crippen molar-refractivity contribution in [1.82, 2.24) is 9.55 Å². The molecule has 1 aromatic heterocycles. The Balaban J connectivity index is 1.49. The van der Waals surface area contributed by atoms with Crippen molar-refractivity contribution in [1.29, 1.82) is 0 Å². The lowest BCUT2D eigenvalue weighted by Crippen LogP contribution is -2.71. The minimum absolute atomic E-state index is 0.0892. The van der Waals surface area contributed by atoms with Crippen molar-refractivity contribution in [3.63, 3.8) is 0 Å². The topological polar surface area (TPSA) is 73.2 Å². The summed E-state index contributed by atoms with van der Waals surface area (Å²) >= 11 is 12.8. The maximum atomic E-state index is 6.73. The van der Waals surface area contributed by atoms with Gasteiger partial charge in [-0.2, -0.15) is 0 Å². The molecule has 2 aliphatic rings. The molecule has 0 amide bonds. The summed E-state index contributed by atoms with van der Waals surface area (Å²) in [4.78, 5) is 4.17. The Morgan fingerprint density at radius 1 is 1.15 bits per heavy atom. The zero-order chi connectivity index (χ0) is 28.9. The van der Waals surface area contributed by atoms with Gasteiger partial charge in [0.15, 0.2) is 6.29 Å². The molecule has 2 aromatic rings. The number of hydrogen-bond acceptors (Lipinski definition) is 7. The average molecular weight is 600 g/mol. The molecule has 1 saturated heterocycles. The normalized spacial score (nSPS) is 31.9. The van der Waals surface area contributed by atoms with Crippen molar-refractivity contribution in [3.05, 3.63) is 52.5 Å². The van der Waals surface area contributed by atoms with Crippen LogP contribution >= 0.6 is 23.2 Å². The van der Waals surface area contributed by atoms with Crippen molar-refractivity contribution >= 4 is 23.2 Å². The van der Waals surface area contributed by atoms with Crippen molar-refractivity contribution in [2.24, 2.45) is 11.8 Å². The summed E-state index contributed by atoms with van der Waals surface area (Å²) in [5, 5.41) is 1.13. The van der Waals surface area contributed by atoms with E-state index in [1.807, 2.05) is 22.9 Å². The second-order valence-electron chi connectivity index (χ2n) is 11.4. The maximum absolute atomic E-state index is 6.73. The molecule has 2 heterocycles. The van der Waals surface area contributed by atoms with E-state index in [0.29, 0.717) is 35.5 Å². The molecule has 0 N–H and O–H groups in total. The molecule has 224 valence electrons. The lowest BCUT2D eigenvalue weighted by Gasteiger charge is -2.57. The first-order valence-electron chi connectivity index (χ1n) is 14.2. The lowest BCUT2D eigenvalue weighted by molar-refractivity contribution is -0.380. The van der Waals surface area contributed by atoms with Gasteiger partial charge in [-0.15, -0.1) is 0 Å². The van der Waals surface area contributed by atoms with E-state index in [0.717, 1.165) is 31.2 Å². The molecule has 4 rings (SSSR count). The van der Waals surface area contributed by atoms with Crippen LogP contribution in [0.3, 0.4) is 0 Å². The maximum Gasteiger partial charge on any atom is 0.200 e. The second-order valence-corrected chi connectivity index (χ2v) is 12.2. The van der Waals surface area contributed by atoms with E-state index in [-0.39, 0.29) is 24.2 Å². The van der Waals surface area contributed by atoms with Gasteiger partial charge in [-0.3, -0.25) is 0 Å². The second kappa shape index (κ2) is 13.8. The summed E-state index contributed by atoms with van der Waals surface area (Å²) in [6, 6.07) is 5.47. The van der Waals surface area contributed by atoms with Gasteiger partial charge in [-0.1, -0.05) is 50.0 Å². The number of nitrogens with zero attached hydrogens (tertiary/aromatic N) is 2. The molecule has 0 radical (unpaired) electrons. The molecule has 1 aliphatic heterocycles. The Morgan fingerprint density at radius 3 is 2.58 bits per heavy atom. The Morgan fingerprint density at radius 2 is 1.95 bits per heavy atom. The smallest absolute Gasteiger partial charge is 0.200 e. The standard InChI is InChI=1S/C30H44Cl2N2O6/c1-20(2)30(37-6)27(35-4)14-21(3)16-29(30,36-5)38-18-23-8-7-9-28(39-23)40-26(17-34-13-12-33-19-34)24-11-10-22(31)15-25(24)32/h10-13,15,19-21,23,26-28H,7-9,14,16-18H2,1-6H3. The van der Waals surface area contributed by atoms with Crippen LogP contribution in [-0.2, 0) is 35.0 Å². The summed E-state index contributed by atoms with van der Waals surface area (Å²) < 4.78 is 40.2. The number of methoxy groups -OCH3 is 3. The summed E-state index contributed by atoms with van der Waals surface area (Å²) in [7, 11) is 5.16. The highest BCUT2D eigenvalue weighted by molar-refractivity contribution is 6.35. The van der Waals surface area contributed by atoms with Gasteiger partial charge in [0.1, 0.15) is 11.7 Å². The van der Waals surface area contributed by atoms with Gasteiger partial charge in [-0.05, 0) is 49.7 Å². The van der Waals surface area contributed by atoms with E-state index in [1.165, 1.54) is 0 Å². The predicted octanol–water partition coefficient (Wildman–Crippen LogP) is 6.69.